The van der Waals surface area contributed by atoms with Crippen LogP contribution < -0.4 is 10.1 Å². The summed E-state index contributed by atoms with van der Waals surface area (Å²) in [5, 5.41) is 3.71. The van der Waals surface area contributed by atoms with E-state index in [0.29, 0.717) is 16.3 Å². The first kappa shape index (κ1) is 17.0. The van der Waals surface area contributed by atoms with E-state index in [1.807, 2.05) is 24.3 Å². The first-order chi connectivity index (χ1) is 12.2. The van der Waals surface area contributed by atoms with Crippen LogP contribution in [0.5, 0.6) is 5.75 Å². The van der Waals surface area contributed by atoms with Gasteiger partial charge in [0.25, 0.3) is 5.91 Å². The summed E-state index contributed by atoms with van der Waals surface area (Å²) in [5.74, 6) is 0.444. The minimum Gasteiger partial charge on any atom is -0.497 e. The smallest absolute Gasteiger partial charge is 0.252 e. The Labute approximate surface area is 151 Å². The fourth-order valence-electron chi connectivity index (χ4n) is 2.54. The second-order valence-corrected chi connectivity index (χ2v) is 5.91. The van der Waals surface area contributed by atoms with Gasteiger partial charge < -0.3 is 10.1 Å². The summed E-state index contributed by atoms with van der Waals surface area (Å²) in [6, 6.07) is 17.9. The number of benzene rings is 2. The van der Waals surface area contributed by atoms with Crippen LogP contribution in [0, 0.1) is 0 Å². The van der Waals surface area contributed by atoms with Crippen LogP contribution in [0.2, 0.25) is 5.02 Å². The lowest BCUT2D eigenvalue weighted by Gasteiger charge is -2.20. The van der Waals surface area contributed by atoms with Crippen molar-refractivity contribution in [2.75, 3.05) is 7.11 Å². The van der Waals surface area contributed by atoms with Gasteiger partial charge in [0.2, 0.25) is 0 Å². The maximum absolute atomic E-state index is 12.7. The van der Waals surface area contributed by atoms with Crippen molar-refractivity contribution in [2.45, 2.75) is 6.04 Å². The van der Waals surface area contributed by atoms with E-state index in [1.54, 1.807) is 55.9 Å². The van der Waals surface area contributed by atoms with Crippen LogP contribution in [0.15, 0.2) is 73.1 Å². The normalized spacial score (nSPS) is 11.6. The summed E-state index contributed by atoms with van der Waals surface area (Å²) in [7, 11) is 1.57. The van der Waals surface area contributed by atoms with Crippen molar-refractivity contribution >= 4 is 17.5 Å². The molecule has 2 aromatic carbocycles. The van der Waals surface area contributed by atoms with Crippen molar-refractivity contribution < 1.29 is 9.53 Å². The highest BCUT2D eigenvalue weighted by atomic mass is 35.5. The number of halogens is 1. The molecule has 0 aliphatic carbocycles. The molecular formula is C20H17ClN2O2. The largest absolute Gasteiger partial charge is 0.497 e. The van der Waals surface area contributed by atoms with Gasteiger partial charge in [0, 0.05) is 23.0 Å². The van der Waals surface area contributed by atoms with Gasteiger partial charge in [0.05, 0.1) is 13.2 Å². The van der Waals surface area contributed by atoms with Crippen molar-refractivity contribution in [3.05, 3.63) is 94.8 Å². The summed E-state index contributed by atoms with van der Waals surface area (Å²) < 4.78 is 5.19. The number of carbonyl (C=O) groups excluding carboxylic acids is 1. The highest BCUT2D eigenvalue weighted by Crippen LogP contribution is 2.24. The third kappa shape index (κ3) is 4.17. The molecule has 0 radical (unpaired) electrons. The van der Waals surface area contributed by atoms with Crippen molar-refractivity contribution in [1.82, 2.24) is 10.3 Å². The van der Waals surface area contributed by atoms with Gasteiger partial charge in [-0.2, -0.15) is 0 Å². The van der Waals surface area contributed by atoms with E-state index in [0.717, 1.165) is 11.1 Å². The fourth-order valence-corrected chi connectivity index (χ4v) is 2.67. The predicted octanol–water partition coefficient (Wildman–Crippen LogP) is 4.26. The number of hydrogen-bond donors (Lipinski definition) is 1. The quantitative estimate of drug-likeness (QED) is 0.746. The molecular weight excluding hydrogens is 336 g/mol. The van der Waals surface area contributed by atoms with Crippen LogP contribution >= 0.6 is 11.6 Å². The average Bonchev–Trinajstić information content (AvgIpc) is 2.67. The van der Waals surface area contributed by atoms with Crippen molar-refractivity contribution in [2.24, 2.45) is 0 Å². The van der Waals surface area contributed by atoms with E-state index in [2.05, 4.69) is 10.3 Å². The molecule has 0 bridgehead atoms. The SMILES string of the molecule is COc1cccc(C(=O)N[C@H](c2ccc(Cl)cc2)c2cccnc2)c1. The monoisotopic (exact) mass is 352 g/mol. The van der Waals surface area contributed by atoms with E-state index in [-0.39, 0.29) is 11.9 Å². The molecule has 0 saturated heterocycles. The number of amides is 1. The van der Waals surface area contributed by atoms with Crippen molar-refractivity contribution in [3.63, 3.8) is 0 Å². The number of hydrogen-bond acceptors (Lipinski definition) is 3. The van der Waals surface area contributed by atoms with Gasteiger partial charge in [0.15, 0.2) is 0 Å². The molecule has 1 heterocycles. The number of ether oxygens (including phenoxy) is 1. The molecule has 1 amide bonds. The molecule has 3 rings (SSSR count). The second kappa shape index (κ2) is 7.81. The van der Waals surface area contributed by atoms with Gasteiger partial charge in [-0.3, -0.25) is 9.78 Å². The number of nitrogens with one attached hydrogen (secondary N) is 1. The van der Waals surface area contributed by atoms with Gasteiger partial charge in [-0.15, -0.1) is 0 Å². The fraction of sp³-hybridized carbons (Fsp3) is 0.100. The standard InChI is InChI=1S/C20H17ClN2O2/c1-25-18-6-2-4-15(12-18)20(24)23-19(16-5-3-11-22-13-16)14-7-9-17(21)10-8-14/h2-13,19H,1H3,(H,23,24)/t19-/m1/s1. The van der Waals surface area contributed by atoms with Crippen molar-refractivity contribution in [3.8, 4) is 5.75 Å². The molecule has 5 heteroatoms. The van der Waals surface area contributed by atoms with E-state index < -0.39 is 0 Å². The molecule has 3 aromatic rings. The molecule has 1 N–H and O–H groups in total. The maximum atomic E-state index is 12.7. The first-order valence-corrected chi connectivity index (χ1v) is 8.15. The molecule has 25 heavy (non-hydrogen) atoms. The van der Waals surface area contributed by atoms with Gasteiger partial charge >= 0.3 is 0 Å². The van der Waals surface area contributed by atoms with Gasteiger partial charge in [-0.1, -0.05) is 35.9 Å². The van der Waals surface area contributed by atoms with E-state index in [9.17, 15) is 4.79 Å². The number of pyridine rings is 1. The van der Waals surface area contributed by atoms with E-state index >= 15 is 0 Å². The second-order valence-electron chi connectivity index (χ2n) is 5.48. The lowest BCUT2D eigenvalue weighted by molar-refractivity contribution is 0.0942. The molecule has 1 atom stereocenters. The van der Waals surface area contributed by atoms with Crippen LogP contribution in [0.1, 0.15) is 27.5 Å². The number of carbonyl (C=O) groups is 1. The molecule has 0 saturated carbocycles. The molecule has 0 aliphatic rings. The Morgan fingerprint density at radius 3 is 2.56 bits per heavy atom. The van der Waals surface area contributed by atoms with Crippen LogP contribution in [-0.2, 0) is 0 Å². The predicted molar refractivity (Wildman–Crippen MR) is 98.0 cm³/mol. The topological polar surface area (TPSA) is 51.2 Å². The zero-order chi connectivity index (χ0) is 17.6. The third-order valence-corrected chi connectivity index (χ3v) is 4.08. The Kier molecular flexibility index (Phi) is 5.31. The Morgan fingerprint density at radius 1 is 1.08 bits per heavy atom. The molecule has 126 valence electrons. The summed E-state index contributed by atoms with van der Waals surface area (Å²) in [5.41, 5.74) is 2.34. The third-order valence-electron chi connectivity index (χ3n) is 3.83. The summed E-state index contributed by atoms with van der Waals surface area (Å²) >= 11 is 5.98. The lowest BCUT2D eigenvalue weighted by Crippen LogP contribution is -2.29. The van der Waals surface area contributed by atoms with Crippen LogP contribution in [0.3, 0.4) is 0 Å². The Morgan fingerprint density at radius 2 is 1.88 bits per heavy atom. The minimum atomic E-state index is -0.329. The molecule has 4 nitrogen and oxygen atoms in total. The van der Waals surface area contributed by atoms with Crippen LogP contribution in [0.4, 0.5) is 0 Å². The Bertz CT molecular complexity index is 851. The molecule has 0 unspecified atom stereocenters. The van der Waals surface area contributed by atoms with E-state index in [4.69, 9.17) is 16.3 Å². The highest BCUT2D eigenvalue weighted by molar-refractivity contribution is 6.30. The molecule has 0 aliphatic heterocycles. The molecule has 0 spiro atoms. The summed E-state index contributed by atoms with van der Waals surface area (Å²) in [6.07, 6.45) is 3.44. The zero-order valence-corrected chi connectivity index (χ0v) is 14.4. The van der Waals surface area contributed by atoms with Crippen LogP contribution in [0.25, 0.3) is 0 Å². The molecule has 0 fully saturated rings. The molecule has 1 aromatic heterocycles. The minimum absolute atomic E-state index is 0.192. The zero-order valence-electron chi connectivity index (χ0n) is 13.6. The van der Waals surface area contributed by atoms with Gasteiger partial charge in [-0.25, -0.2) is 0 Å². The Balaban J connectivity index is 1.92. The first-order valence-electron chi connectivity index (χ1n) is 7.77. The number of aromatic nitrogens is 1. The number of nitrogens with zero attached hydrogens (tertiary/aromatic N) is 1. The van der Waals surface area contributed by atoms with E-state index in [1.165, 1.54) is 0 Å². The van der Waals surface area contributed by atoms with Gasteiger partial charge in [-0.05, 0) is 47.5 Å². The summed E-state index contributed by atoms with van der Waals surface area (Å²) in [6.45, 7) is 0. The number of methoxy groups -OCH3 is 1. The average molecular weight is 353 g/mol. The Hall–Kier alpha value is -2.85. The summed E-state index contributed by atoms with van der Waals surface area (Å²) in [4.78, 5) is 16.9. The highest BCUT2D eigenvalue weighted by Gasteiger charge is 2.18. The van der Waals surface area contributed by atoms with Crippen LogP contribution in [-0.4, -0.2) is 18.0 Å². The maximum Gasteiger partial charge on any atom is 0.252 e. The van der Waals surface area contributed by atoms with Gasteiger partial charge in [0.1, 0.15) is 5.75 Å². The van der Waals surface area contributed by atoms with Crippen molar-refractivity contribution in [1.29, 1.82) is 0 Å². The lowest BCUT2D eigenvalue weighted by atomic mass is 9.99. The number of rotatable bonds is 5.